The lowest BCUT2D eigenvalue weighted by Gasteiger charge is -2.09. The Balaban J connectivity index is 1.87. The maximum atomic E-state index is 13.6. The molecule has 0 atom stereocenters. The number of rotatable bonds is 4. The van der Waals surface area contributed by atoms with Crippen LogP contribution in [0.1, 0.15) is 5.56 Å². The number of hydrogen-bond acceptors (Lipinski definition) is 2. The fourth-order valence-corrected chi connectivity index (χ4v) is 3.33. The van der Waals surface area contributed by atoms with E-state index in [9.17, 15) is 21.6 Å². The third-order valence-corrected chi connectivity index (χ3v) is 5.00. The summed E-state index contributed by atoms with van der Waals surface area (Å²) in [5.74, 6) is -4.36. The summed E-state index contributed by atoms with van der Waals surface area (Å²) in [7, 11) is -3.92. The van der Waals surface area contributed by atoms with Crippen LogP contribution in [0.5, 0.6) is 0 Å². The Morgan fingerprint density at radius 1 is 0.833 bits per heavy atom. The molecule has 0 unspecified atom stereocenters. The predicted molar refractivity (Wildman–Crippen MR) is 84.3 cm³/mol. The molecule has 0 aliphatic rings. The summed E-state index contributed by atoms with van der Waals surface area (Å²) < 4.78 is 66.5. The van der Waals surface area contributed by atoms with Crippen LogP contribution in [0.25, 0.3) is 10.8 Å². The second kappa shape index (κ2) is 6.26. The van der Waals surface area contributed by atoms with Crippen molar-refractivity contribution < 1.29 is 21.6 Å². The van der Waals surface area contributed by atoms with E-state index in [0.29, 0.717) is 0 Å². The van der Waals surface area contributed by atoms with Gasteiger partial charge >= 0.3 is 0 Å². The average Bonchev–Trinajstić information content (AvgIpc) is 2.58. The van der Waals surface area contributed by atoms with Gasteiger partial charge in [0.25, 0.3) is 0 Å². The highest BCUT2D eigenvalue weighted by Crippen LogP contribution is 2.20. The molecule has 3 nitrogen and oxygen atoms in total. The SMILES string of the molecule is O=S(=O)(NCc1ccc(F)c(F)c1F)c1ccc2ccccc2c1. The van der Waals surface area contributed by atoms with E-state index in [1.807, 2.05) is 12.1 Å². The van der Waals surface area contributed by atoms with Gasteiger partial charge < -0.3 is 0 Å². The van der Waals surface area contributed by atoms with Gasteiger partial charge in [-0.05, 0) is 29.0 Å². The summed E-state index contributed by atoms with van der Waals surface area (Å²) in [6, 6.07) is 13.5. The zero-order valence-electron chi connectivity index (χ0n) is 12.3. The van der Waals surface area contributed by atoms with Gasteiger partial charge in [-0.2, -0.15) is 0 Å². The number of benzene rings is 3. The van der Waals surface area contributed by atoms with Gasteiger partial charge in [0.2, 0.25) is 10.0 Å². The molecule has 24 heavy (non-hydrogen) atoms. The lowest BCUT2D eigenvalue weighted by molar-refractivity contribution is 0.440. The lowest BCUT2D eigenvalue weighted by atomic mass is 10.1. The molecule has 0 aromatic heterocycles. The van der Waals surface area contributed by atoms with Crippen molar-refractivity contribution in [1.82, 2.24) is 4.72 Å². The largest absolute Gasteiger partial charge is 0.240 e. The Labute approximate surface area is 136 Å². The van der Waals surface area contributed by atoms with Crippen LogP contribution < -0.4 is 4.72 Å². The molecular formula is C17H12F3NO2S. The predicted octanol–water partition coefficient (Wildman–Crippen LogP) is 3.74. The van der Waals surface area contributed by atoms with Gasteiger partial charge in [-0.25, -0.2) is 26.3 Å². The van der Waals surface area contributed by atoms with E-state index in [-0.39, 0.29) is 10.5 Å². The van der Waals surface area contributed by atoms with E-state index in [1.165, 1.54) is 12.1 Å². The molecule has 0 saturated carbocycles. The van der Waals surface area contributed by atoms with E-state index in [2.05, 4.69) is 4.72 Å². The molecule has 0 saturated heterocycles. The van der Waals surface area contributed by atoms with E-state index in [0.717, 1.165) is 22.9 Å². The Kier molecular flexibility index (Phi) is 4.29. The fourth-order valence-electron chi connectivity index (χ4n) is 2.29. The first-order valence-electron chi connectivity index (χ1n) is 6.99. The summed E-state index contributed by atoms with van der Waals surface area (Å²) in [6.45, 7) is -0.488. The molecule has 0 fully saturated rings. The molecule has 0 spiro atoms. The number of fused-ring (bicyclic) bond motifs is 1. The average molecular weight is 351 g/mol. The summed E-state index contributed by atoms with van der Waals surface area (Å²) in [5.41, 5.74) is -0.279. The van der Waals surface area contributed by atoms with Crippen LogP contribution >= 0.6 is 0 Å². The third kappa shape index (κ3) is 3.13. The summed E-state index contributed by atoms with van der Waals surface area (Å²) in [6.07, 6.45) is 0. The topological polar surface area (TPSA) is 46.2 Å². The first kappa shape index (κ1) is 16.5. The van der Waals surface area contributed by atoms with Crippen LogP contribution in [-0.4, -0.2) is 8.42 Å². The second-order valence-electron chi connectivity index (χ2n) is 5.17. The van der Waals surface area contributed by atoms with Gasteiger partial charge in [-0.1, -0.05) is 36.4 Å². The van der Waals surface area contributed by atoms with Crippen molar-refractivity contribution in [3.8, 4) is 0 Å². The van der Waals surface area contributed by atoms with Crippen LogP contribution in [-0.2, 0) is 16.6 Å². The van der Waals surface area contributed by atoms with Crippen LogP contribution in [0.15, 0.2) is 59.5 Å². The minimum atomic E-state index is -3.92. The van der Waals surface area contributed by atoms with E-state index in [1.54, 1.807) is 18.2 Å². The Hall–Kier alpha value is -2.38. The van der Waals surface area contributed by atoms with Crippen molar-refractivity contribution >= 4 is 20.8 Å². The molecule has 1 N–H and O–H groups in total. The second-order valence-corrected chi connectivity index (χ2v) is 6.93. The van der Waals surface area contributed by atoms with Gasteiger partial charge in [0.15, 0.2) is 17.5 Å². The highest BCUT2D eigenvalue weighted by Gasteiger charge is 2.18. The smallest absolute Gasteiger partial charge is 0.207 e. The molecule has 0 aliphatic carbocycles. The first-order chi connectivity index (χ1) is 11.4. The number of nitrogens with one attached hydrogen (secondary N) is 1. The molecule has 0 bridgehead atoms. The van der Waals surface area contributed by atoms with Gasteiger partial charge in [-0.3, -0.25) is 0 Å². The highest BCUT2D eigenvalue weighted by molar-refractivity contribution is 7.89. The van der Waals surface area contributed by atoms with Crippen LogP contribution in [0.2, 0.25) is 0 Å². The van der Waals surface area contributed by atoms with Gasteiger partial charge in [-0.15, -0.1) is 0 Å². The third-order valence-electron chi connectivity index (χ3n) is 3.60. The van der Waals surface area contributed by atoms with Crippen molar-refractivity contribution in [2.75, 3.05) is 0 Å². The van der Waals surface area contributed by atoms with Gasteiger partial charge in [0.05, 0.1) is 4.90 Å². The molecule has 0 heterocycles. The number of hydrogen-bond donors (Lipinski definition) is 1. The summed E-state index contributed by atoms with van der Waals surface area (Å²) in [5, 5.41) is 1.61. The monoisotopic (exact) mass is 351 g/mol. The zero-order valence-corrected chi connectivity index (χ0v) is 13.1. The van der Waals surface area contributed by atoms with Gasteiger partial charge in [0.1, 0.15) is 0 Å². The van der Waals surface area contributed by atoms with Gasteiger partial charge in [0, 0.05) is 12.1 Å². The quantitative estimate of drug-likeness (QED) is 0.728. The fraction of sp³-hybridized carbons (Fsp3) is 0.0588. The van der Waals surface area contributed by atoms with Crippen LogP contribution in [0.4, 0.5) is 13.2 Å². The normalized spacial score (nSPS) is 11.8. The Morgan fingerprint density at radius 3 is 2.29 bits per heavy atom. The molecule has 0 amide bonds. The molecule has 7 heteroatoms. The molecule has 0 aliphatic heterocycles. The first-order valence-corrected chi connectivity index (χ1v) is 8.47. The number of halogens is 3. The zero-order chi connectivity index (χ0) is 17.3. The van der Waals surface area contributed by atoms with E-state index < -0.39 is 34.0 Å². The van der Waals surface area contributed by atoms with Crippen molar-refractivity contribution in [2.24, 2.45) is 0 Å². The maximum absolute atomic E-state index is 13.6. The van der Waals surface area contributed by atoms with Crippen molar-refractivity contribution in [3.63, 3.8) is 0 Å². The molecule has 0 radical (unpaired) electrons. The maximum Gasteiger partial charge on any atom is 0.240 e. The molecular weight excluding hydrogens is 339 g/mol. The Bertz CT molecular complexity index is 1020. The van der Waals surface area contributed by atoms with Crippen LogP contribution in [0.3, 0.4) is 0 Å². The molecule has 3 aromatic carbocycles. The minimum Gasteiger partial charge on any atom is -0.207 e. The van der Waals surface area contributed by atoms with Crippen molar-refractivity contribution in [1.29, 1.82) is 0 Å². The lowest BCUT2D eigenvalue weighted by Crippen LogP contribution is -2.24. The summed E-state index contributed by atoms with van der Waals surface area (Å²) in [4.78, 5) is 0.00388. The molecule has 3 aromatic rings. The van der Waals surface area contributed by atoms with E-state index in [4.69, 9.17) is 0 Å². The van der Waals surface area contributed by atoms with E-state index >= 15 is 0 Å². The molecule has 3 rings (SSSR count). The summed E-state index contributed by atoms with van der Waals surface area (Å²) >= 11 is 0. The van der Waals surface area contributed by atoms with Crippen molar-refractivity contribution in [2.45, 2.75) is 11.4 Å². The number of sulfonamides is 1. The van der Waals surface area contributed by atoms with Crippen LogP contribution in [0, 0.1) is 17.5 Å². The Morgan fingerprint density at radius 2 is 1.54 bits per heavy atom. The molecule has 124 valence electrons. The highest BCUT2D eigenvalue weighted by atomic mass is 32.2. The van der Waals surface area contributed by atoms with Crippen molar-refractivity contribution in [3.05, 3.63) is 77.6 Å². The minimum absolute atomic E-state index is 0.00388. The standard InChI is InChI=1S/C17H12F3NO2S/c18-15-8-6-13(16(19)17(15)20)10-21-24(22,23)14-7-5-11-3-1-2-4-12(11)9-14/h1-9,21H,10H2.